The monoisotopic (exact) mass is 520 g/mol. The van der Waals surface area contributed by atoms with Crippen molar-refractivity contribution >= 4 is 34.3 Å². The number of benzene rings is 2. The van der Waals surface area contributed by atoms with Gasteiger partial charge in [-0.25, -0.2) is 0 Å². The highest BCUT2D eigenvalue weighted by atomic mass is 35.5. The fraction of sp³-hybridized carbons (Fsp3) is 0.406. The number of methoxy groups -OCH3 is 1. The van der Waals surface area contributed by atoms with Crippen LogP contribution in [0.3, 0.4) is 0 Å². The second kappa shape index (κ2) is 11.2. The van der Waals surface area contributed by atoms with Crippen molar-refractivity contribution in [3.05, 3.63) is 86.2 Å². The number of nitrogens with two attached hydrogens (primary N) is 2. The second-order valence-corrected chi connectivity index (χ2v) is 11.5. The van der Waals surface area contributed by atoms with Crippen molar-refractivity contribution in [1.82, 2.24) is 0 Å². The van der Waals surface area contributed by atoms with Crippen molar-refractivity contribution in [2.45, 2.75) is 79.1 Å². The summed E-state index contributed by atoms with van der Waals surface area (Å²) in [6.45, 7) is 17.2. The highest BCUT2D eigenvalue weighted by Gasteiger charge is 2.25. The standard InChI is InChI=1S/C32H41ClN2O2/c1-16(2)23-10-20(11-24(17(3)4)30(23)34)29(22-14-27(33)32(36)28(15-22)37-9)21-12-25(18(5)6)31(35)26(13-21)19(7)8/h10-19H,34-35H2,1-9H3. The molecule has 198 valence electrons. The number of anilines is 2. The van der Waals surface area contributed by atoms with Crippen LogP contribution in [0, 0.1) is 0 Å². The van der Waals surface area contributed by atoms with Gasteiger partial charge in [0.05, 0.1) is 12.1 Å². The third-order valence-corrected chi connectivity index (χ3v) is 7.35. The van der Waals surface area contributed by atoms with Gasteiger partial charge in [0.1, 0.15) is 0 Å². The normalized spacial score (nSPS) is 14.1. The van der Waals surface area contributed by atoms with Crippen molar-refractivity contribution in [3.63, 3.8) is 0 Å². The number of allylic oxidation sites excluding steroid dienone is 4. The van der Waals surface area contributed by atoms with Crippen LogP contribution >= 0.6 is 11.6 Å². The zero-order valence-electron chi connectivity index (χ0n) is 23.6. The van der Waals surface area contributed by atoms with Gasteiger partial charge in [0.2, 0.25) is 5.78 Å². The number of hydrogen-bond acceptors (Lipinski definition) is 4. The Labute approximate surface area is 227 Å². The van der Waals surface area contributed by atoms with Gasteiger partial charge in [-0.15, -0.1) is 0 Å². The molecule has 37 heavy (non-hydrogen) atoms. The number of Topliss-reactive ketones (excluding diaryl/α,β-unsaturated/α-hetero) is 1. The molecule has 0 unspecified atom stereocenters. The minimum absolute atomic E-state index is 0.124. The summed E-state index contributed by atoms with van der Waals surface area (Å²) in [7, 11) is 1.49. The molecule has 0 saturated heterocycles. The molecule has 4 N–H and O–H groups in total. The van der Waals surface area contributed by atoms with Gasteiger partial charge in [-0.3, -0.25) is 4.79 Å². The third kappa shape index (κ3) is 5.65. The maximum Gasteiger partial charge on any atom is 0.238 e. The average molecular weight is 521 g/mol. The van der Waals surface area contributed by atoms with Gasteiger partial charge in [-0.2, -0.15) is 0 Å². The van der Waals surface area contributed by atoms with E-state index >= 15 is 0 Å². The van der Waals surface area contributed by atoms with Gasteiger partial charge in [-0.05, 0) is 105 Å². The number of hydrogen-bond donors (Lipinski definition) is 2. The Morgan fingerprint density at radius 1 is 0.703 bits per heavy atom. The van der Waals surface area contributed by atoms with Crippen molar-refractivity contribution in [2.75, 3.05) is 18.6 Å². The van der Waals surface area contributed by atoms with Gasteiger partial charge in [0.15, 0.2) is 5.76 Å². The van der Waals surface area contributed by atoms with E-state index in [-0.39, 0.29) is 40.2 Å². The number of nitrogen functional groups attached to an aromatic ring is 2. The first-order valence-electron chi connectivity index (χ1n) is 13.1. The van der Waals surface area contributed by atoms with Crippen LogP contribution in [0.5, 0.6) is 0 Å². The lowest BCUT2D eigenvalue weighted by Crippen LogP contribution is -2.11. The first kappa shape index (κ1) is 28.6. The highest BCUT2D eigenvalue weighted by Crippen LogP contribution is 2.41. The van der Waals surface area contributed by atoms with E-state index in [0.29, 0.717) is 0 Å². The number of ketones is 1. The summed E-state index contributed by atoms with van der Waals surface area (Å²) in [5, 5.41) is 0.124. The summed E-state index contributed by atoms with van der Waals surface area (Å²) < 4.78 is 5.42. The van der Waals surface area contributed by atoms with Crippen molar-refractivity contribution in [1.29, 1.82) is 0 Å². The SMILES string of the molecule is COC1=CC(=C(c2cc(C(C)C)c(N)c(C(C)C)c2)c2cc(C(C)C)c(N)c(C(C)C)c2)C=C(Cl)C1=O. The topological polar surface area (TPSA) is 78.3 Å². The molecule has 0 saturated carbocycles. The van der Waals surface area contributed by atoms with E-state index in [1.807, 2.05) is 0 Å². The van der Waals surface area contributed by atoms with Crippen LogP contribution in [0.1, 0.15) is 112 Å². The number of ether oxygens (including phenoxy) is 1. The van der Waals surface area contributed by atoms with Crippen LogP contribution in [0.15, 0.2) is 52.8 Å². The van der Waals surface area contributed by atoms with Crippen LogP contribution < -0.4 is 11.5 Å². The predicted molar refractivity (Wildman–Crippen MR) is 158 cm³/mol. The van der Waals surface area contributed by atoms with E-state index in [1.54, 1.807) is 12.2 Å². The lowest BCUT2D eigenvalue weighted by Gasteiger charge is -2.24. The second-order valence-electron chi connectivity index (χ2n) is 11.1. The molecule has 0 aromatic heterocycles. The molecule has 0 heterocycles. The lowest BCUT2D eigenvalue weighted by atomic mass is 9.82. The largest absolute Gasteiger partial charge is 0.493 e. The van der Waals surface area contributed by atoms with Crippen molar-refractivity contribution < 1.29 is 9.53 Å². The molecule has 2 aromatic carbocycles. The third-order valence-electron chi connectivity index (χ3n) is 7.07. The molecule has 0 amide bonds. The Bertz CT molecular complexity index is 1180. The lowest BCUT2D eigenvalue weighted by molar-refractivity contribution is -0.114. The molecule has 0 fully saturated rings. The van der Waals surface area contributed by atoms with E-state index in [2.05, 4.69) is 79.7 Å². The van der Waals surface area contributed by atoms with Crippen LogP contribution in [-0.2, 0) is 9.53 Å². The zero-order chi connectivity index (χ0) is 27.8. The molecule has 5 heteroatoms. The van der Waals surface area contributed by atoms with Crippen LogP contribution in [0.4, 0.5) is 11.4 Å². The minimum Gasteiger partial charge on any atom is -0.493 e. The molecule has 4 nitrogen and oxygen atoms in total. The fourth-order valence-corrected chi connectivity index (χ4v) is 5.17. The molecule has 2 aromatic rings. The number of rotatable bonds is 7. The quantitative estimate of drug-likeness (QED) is 0.359. The molecule has 1 aliphatic carbocycles. The van der Waals surface area contributed by atoms with Crippen molar-refractivity contribution in [2.24, 2.45) is 0 Å². The first-order chi connectivity index (χ1) is 17.3. The van der Waals surface area contributed by atoms with Crippen LogP contribution in [0.25, 0.3) is 5.57 Å². The summed E-state index contributed by atoms with van der Waals surface area (Å²) in [4.78, 5) is 12.6. The molecule has 0 aliphatic heterocycles. The molecule has 0 atom stereocenters. The fourth-order valence-electron chi connectivity index (χ4n) is 4.96. The van der Waals surface area contributed by atoms with Crippen LogP contribution in [-0.4, -0.2) is 12.9 Å². The maximum atomic E-state index is 12.6. The van der Waals surface area contributed by atoms with E-state index < -0.39 is 0 Å². The van der Waals surface area contributed by atoms with Crippen molar-refractivity contribution in [3.8, 4) is 0 Å². The molecular weight excluding hydrogens is 480 g/mol. The average Bonchev–Trinajstić information content (AvgIpc) is 2.82. The van der Waals surface area contributed by atoms with Gasteiger partial charge in [0, 0.05) is 11.4 Å². The Morgan fingerprint density at radius 3 is 1.35 bits per heavy atom. The predicted octanol–water partition coefficient (Wildman–Crippen LogP) is 8.38. The van der Waals surface area contributed by atoms with E-state index in [4.69, 9.17) is 27.8 Å². The van der Waals surface area contributed by atoms with Gasteiger partial charge in [0.25, 0.3) is 0 Å². The molecule has 0 spiro atoms. The number of carbonyl (C=O) groups is 1. The highest BCUT2D eigenvalue weighted by molar-refractivity contribution is 6.45. The number of carbonyl (C=O) groups excluding carboxylic acids is 1. The Morgan fingerprint density at radius 2 is 1.05 bits per heavy atom. The summed E-state index contributed by atoms with van der Waals surface area (Å²) >= 11 is 6.45. The maximum absolute atomic E-state index is 12.6. The molecule has 0 radical (unpaired) electrons. The first-order valence-corrected chi connectivity index (χ1v) is 13.4. The van der Waals surface area contributed by atoms with Gasteiger partial charge < -0.3 is 16.2 Å². The zero-order valence-corrected chi connectivity index (χ0v) is 24.4. The summed E-state index contributed by atoms with van der Waals surface area (Å²) in [6.07, 6.45) is 3.52. The molecule has 0 bridgehead atoms. The van der Waals surface area contributed by atoms with E-state index in [0.717, 1.165) is 55.9 Å². The smallest absolute Gasteiger partial charge is 0.238 e. The van der Waals surface area contributed by atoms with Crippen LogP contribution in [0.2, 0.25) is 0 Å². The Hall–Kier alpha value is -2.98. The minimum atomic E-state index is -0.321. The Kier molecular flexibility index (Phi) is 8.64. The summed E-state index contributed by atoms with van der Waals surface area (Å²) in [5.74, 6) is 0.856. The van der Waals surface area contributed by atoms with Gasteiger partial charge in [-0.1, -0.05) is 67.0 Å². The molecule has 1 aliphatic rings. The molecule has 3 rings (SSSR count). The van der Waals surface area contributed by atoms with Gasteiger partial charge >= 0.3 is 0 Å². The van der Waals surface area contributed by atoms with E-state index in [1.165, 1.54) is 7.11 Å². The molecular formula is C32H41ClN2O2. The summed E-state index contributed by atoms with van der Waals surface area (Å²) in [5.41, 5.74) is 23.2. The number of halogens is 1. The van der Waals surface area contributed by atoms with E-state index in [9.17, 15) is 4.79 Å². The summed E-state index contributed by atoms with van der Waals surface area (Å²) in [6, 6.07) is 8.70. The Balaban J connectivity index is 2.54.